The van der Waals surface area contributed by atoms with Gasteiger partial charge >= 0.3 is 0 Å². The van der Waals surface area contributed by atoms with E-state index in [9.17, 15) is 0 Å². The fraction of sp³-hybridized carbons (Fsp3) is 0.294. The second kappa shape index (κ2) is 10.7. The predicted molar refractivity (Wildman–Crippen MR) is 94.6 cm³/mol. The van der Waals surface area contributed by atoms with E-state index in [1.165, 1.54) is 0 Å². The molecule has 5 nitrogen and oxygen atoms in total. The van der Waals surface area contributed by atoms with Crippen LogP contribution in [0.5, 0.6) is 11.5 Å². The van der Waals surface area contributed by atoms with Gasteiger partial charge in [-0.15, -0.1) is 0 Å². The number of aliphatic hydroxyl groups excluding tert-OH is 1. The van der Waals surface area contributed by atoms with Crippen molar-refractivity contribution in [3.8, 4) is 11.5 Å². The highest BCUT2D eigenvalue weighted by molar-refractivity contribution is 9.10. The Kier molecular flexibility index (Phi) is 8.94. The maximum Gasteiger partial charge on any atom is 0.138 e. The van der Waals surface area contributed by atoms with E-state index in [1.807, 2.05) is 24.3 Å². The number of ether oxygens (including phenoxy) is 2. The van der Waals surface area contributed by atoms with E-state index < -0.39 is 0 Å². The van der Waals surface area contributed by atoms with Gasteiger partial charge in [0.25, 0.3) is 0 Å². The Labute approximate surface area is 145 Å². The largest absolute Gasteiger partial charge is 0.495 e. The molecule has 0 fully saturated rings. The molecule has 0 saturated carbocycles. The number of methoxy groups -OCH3 is 2. The summed E-state index contributed by atoms with van der Waals surface area (Å²) in [5.41, 5.74) is 0.977. The molecule has 0 aliphatic carbocycles. The van der Waals surface area contributed by atoms with Gasteiger partial charge in [-0.1, -0.05) is 12.2 Å². The third-order valence-corrected chi connectivity index (χ3v) is 3.11. The van der Waals surface area contributed by atoms with Crippen molar-refractivity contribution in [1.29, 1.82) is 0 Å². The monoisotopic (exact) mass is 380 g/mol. The Hall–Kier alpha value is -1.92. The van der Waals surface area contributed by atoms with E-state index in [-0.39, 0.29) is 6.10 Å². The maximum absolute atomic E-state index is 9.04. The molecule has 124 valence electrons. The maximum atomic E-state index is 9.04. The summed E-state index contributed by atoms with van der Waals surface area (Å²) in [6, 6.07) is 3.75. The third kappa shape index (κ3) is 8.32. The van der Waals surface area contributed by atoms with Crippen LogP contribution in [0.2, 0.25) is 0 Å². The zero-order valence-corrected chi connectivity index (χ0v) is 15.0. The summed E-state index contributed by atoms with van der Waals surface area (Å²) in [6.07, 6.45) is 11.0. The van der Waals surface area contributed by atoms with Gasteiger partial charge in [-0.05, 0) is 47.0 Å². The van der Waals surface area contributed by atoms with Gasteiger partial charge in [0.15, 0.2) is 0 Å². The zero-order valence-electron chi connectivity index (χ0n) is 13.4. The van der Waals surface area contributed by atoms with Gasteiger partial charge in [-0.3, -0.25) is 9.97 Å². The summed E-state index contributed by atoms with van der Waals surface area (Å²) in [7, 11) is 3.23. The SMILES string of the molecule is COc1cncc(/C=C/CC(C)O)c1.COc1cncc(Br)c1. The molecule has 0 amide bonds. The minimum Gasteiger partial charge on any atom is -0.495 e. The Morgan fingerprint density at radius 1 is 1.09 bits per heavy atom. The average molecular weight is 381 g/mol. The van der Waals surface area contributed by atoms with Gasteiger partial charge < -0.3 is 14.6 Å². The van der Waals surface area contributed by atoms with Crippen LogP contribution in [0.1, 0.15) is 18.9 Å². The fourth-order valence-corrected chi connectivity index (χ4v) is 1.89. The van der Waals surface area contributed by atoms with Gasteiger partial charge in [-0.2, -0.15) is 0 Å². The second-order valence-electron chi connectivity index (χ2n) is 4.69. The highest BCUT2D eigenvalue weighted by Gasteiger charge is 1.93. The molecule has 0 bridgehead atoms. The summed E-state index contributed by atoms with van der Waals surface area (Å²) < 4.78 is 10.9. The molecule has 1 unspecified atom stereocenters. The Morgan fingerprint density at radius 3 is 2.22 bits per heavy atom. The highest BCUT2D eigenvalue weighted by Crippen LogP contribution is 2.14. The predicted octanol–water partition coefficient (Wildman–Crippen LogP) is 3.73. The second-order valence-corrected chi connectivity index (χ2v) is 5.60. The normalized spacial score (nSPS) is 11.5. The Balaban J connectivity index is 0.000000253. The number of aromatic nitrogens is 2. The van der Waals surface area contributed by atoms with Crippen LogP contribution in [-0.2, 0) is 0 Å². The fourth-order valence-electron chi connectivity index (χ4n) is 1.54. The van der Waals surface area contributed by atoms with Gasteiger partial charge in [0, 0.05) is 16.9 Å². The van der Waals surface area contributed by atoms with Crippen molar-refractivity contribution >= 4 is 22.0 Å². The van der Waals surface area contributed by atoms with Crippen LogP contribution < -0.4 is 9.47 Å². The minimum atomic E-state index is -0.301. The molecule has 0 radical (unpaired) electrons. The molecule has 2 aromatic rings. The molecular formula is C17H21BrN2O3. The van der Waals surface area contributed by atoms with E-state index in [1.54, 1.807) is 45.9 Å². The molecule has 2 heterocycles. The van der Waals surface area contributed by atoms with Crippen molar-refractivity contribution in [1.82, 2.24) is 9.97 Å². The number of hydrogen-bond acceptors (Lipinski definition) is 5. The Morgan fingerprint density at radius 2 is 1.70 bits per heavy atom. The summed E-state index contributed by atoms with van der Waals surface area (Å²) in [6.45, 7) is 1.76. The van der Waals surface area contributed by atoms with Crippen molar-refractivity contribution in [3.05, 3.63) is 53.0 Å². The lowest BCUT2D eigenvalue weighted by molar-refractivity contribution is 0.199. The molecule has 0 aliphatic heterocycles. The first-order chi connectivity index (χ1) is 11.0. The van der Waals surface area contributed by atoms with Gasteiger partial charge in [0.2, 0.25) is 0 Å². The lowest BCUT2D eigenvalue weighted by Gasteiger charge is -2.00. The number of aliphatic hydroxyl groups is 1. The smallest absolute Gasteiger partial charge is 0.138 e. The highest BCUT2D eigenvalue weighted by atomic mass is 79.9. The first kappa shape index (κ1) is 19.1. The summed E-state index contributed by atoms with van der Waals surface area (Å²) >= 11 is 3.26. The zero-order chi connectivity index (χ0) is 17.1. The van der Waals surface area contributed by atoms with Crippen molar-refractivity contribution in [2.75, 3.05) is 14.2 Å². The quantitative estimate of drug-likeness (QED) is 0.855. The summed E-state index contributed by atoms with van der Waals surface area (Å²) in [5, 5.41) is 9.04. The van der Waals surface area contributed by atoms with Crippen molar-refractivity contribution in [3.63, 3.8) is 0 Å². The van der Waals surface area contributed by atoms with E-state index in [2.05, 4.69) is 25.9 Å². The molecule has 23 heavy (non-hydrogen) atoms. The van der Waals surface area contributed by atoms with Crippen molar-refractivity contribution in [2.45, 2.75) is 19.4 Å². The first-order valence-corrected chi connectivity index (χ1v) is 7.82. The molecule has 1 N–H and O–H groups in total. The van der Waals surface area contributed by atoms with Crippen LogP contribution in [0.4, 0.5) is 0 Å². The van der Waals surface area contributed by atoms with E-state index >= 15 is 0 Å². The van der Waals surface area contributed by atoms with Crippen LogP contribution >= 0.6 is 15.9 Å². The molecule has 0 spiro atoms. The van der Waals surface area contributed by atoms with Crippen LogP contribution in [0.25, 0.3) is 6.08 Å². The molecule has 6 heteroatoms. The van der Waals surface area contributed by atoms with E-state index in [0.29, 0.717) is 6.42 Å². The topological polar surface area (TPSA) is 64.5 Å². The van der Waals surface area contributed by atoms with Crippen molar-refractivity contribution < 1.29 is 14.6 Å². The van der Waals surface area contributed by atoms with Crippen LogP contribution in [0.3, 0.4) is 0 Å². The van der Waals surface area contributed by atoms with Crippen LogP contribution in [0, 0.1) is 0 Å². The molecule has 2 aromatic heterocycles. The number of hydrogen-bond donors (Lipinski definition) is 1. The first-order valence-electron chi connectivity index (χ1n) is 7.03. The molecule has 1 atom stereocenters. The van der Waals surface area contributed by atoms with E-state index in [4.69, 9.17) is 14.6 Å². The number of rotatable bonds is 5. The molecule has 2 rings (SSSR count). The average Bonchev–Trinajstić information content (AvgIpc) is 2.55. The molecule has 0 saturated heterocycles. The number of nitrogens with zero attached hydrogens (tertiary/aromatic N) is 2. The van der Waals surface area contributed by atoms with Gasteiger partial charge in [0.1, 0.15) is 11.5 Å². The molecule has 0 aromatic carbocycles. The van der Waals surface area contributed by atoms with E-state index in [0.717, 1.165) is 21.5 Å². The number of halogens is 1. The van der Waals surface area contributed by atoms with Crippen LogP contribution in [0.15, 0.2) is 47.5 Å². The third-order valence-electron chi connectivity index (χ3n) is 2.67. The van der Waals surface area contributed by atoms with Crippen molar-refractivity contribution in [2.24, 2.45) is 0 Å². The van der Waals surface area contributed by atoms with Crippen LogP contribution in [-0.4, -0.2) is 35.4 Å². The lowest BCUT2D eigenvalue weighted by atomic mass is 10.2. The Bertz CT molecular complexity index is 618. The number of pyridine rings is 2. The summed E-state index contributed by atoms with van der Waals surface area (Å²) in [4.78, 5) is 7.90. The van der Waals surface area contributed by atoms with Gasteiger partial charge in [0.05, 0.1) is 32.7 Å². The minimum absolute atomic E-state index is 0.301. The molecule has 0 aliphatic rings. The molecular weight excluding hydrogens is 360 g/mol. The van der Waals surface area contributed by atoms with Gasteiger partial charge in [-0.25, -0.2) is 0 Å². The standard InChI is InChI=1S/C11H15NO2.C6H6BrNO/c1-9(13)4-3-5-10-6-11(14-2)8-12-7-10;1-9-6-2-5(7)3-8-4-6/h3,5-9,13H,4H2,1-2H3;2-4H,1H3/b5-3+;. The lowest BCUT2D eigenvalue weighted by Crippen LogP contribution is -1.95. The summed E-state index contributed by atoms with van der Waals surface area (Å²) in [5.74, 6) is 1.51.